The molecule has 0 aliphatic carbocycles. The maximum Gasteiger partial charge on any atom is 0.219 e. The minimum absolute atomic E-state index is 0.0435. The first kappa shape index (κ1) is 23.7. The second-order valence-electron chi connectivity index (χ2n) is 7.56. The lowest BCUT2D eigenvalue weighted by Gasteiger charge is -2.31. The Morgan fingerprint density at radius 2 is 1.93 bits per heavy atom. The van der Waals surface area contributed by atoms with Gasteiger partial charge in [0.25, 0.3) is 0 Å². The highest BCUT2D eigenvalue weighted by Gasteiger charge is 2.29. The lowest BCUT2D eigenvalue weighted by molar-refractivity contribution is -0.136. The number of aromatic nitrogens is 1. The fraction of sp³-hybridized carbons (Fsp3) is 0.714. The number of hydrogen-bond acceptors (Lipinski definition) is 7. The molecule has 0 aromatic carbocycles. The van der Waals surface area contributed by atoms with Crippen molar-refractivity contribution in [3.8, 4) is 0 Å². The molecule has 0 saturated carbocycles. The SMILES string of the molecule is CO[C@H]1CN(C(C)=O)CCCN(Cc2ccncc2)CCCCOC[C@H](O)[C@@H]1O. The van der Waals surface area contributed by atoms with Crippen LogP contribution in [0.2, 0.25) is 0 Å². The van der Waals surface area contributed by atoms with E-state index in [0.717, 1.165) is 38.9 Å². The number of rotatable bonds is 3. The van der Waals surface area contributed by atoms with Crippen molar-refractivity contribution in [3.63, 3.8) is 0 Å². The normalized spacial score (nSPS) is 26.5. The van der Waals surface area contributed by atoms with Crippen LogP contribution in [0.5, 0.6) is 0 Å². The predicted molar refractivity (Wildman–Crippen MR) is 109 cm³/mol. The third-order valence-electron chi connectivity index (χ3n) is 5.28. The maximum atomic E-state index is 12.1. The third-order valence-corrected chi connectivity index (χ3v) is 5.28. The number of carbonyl (C=O) groups excluding carboxylic acids is 1. The van der Waals surface area contributed by atoms with E-state index in [2.05, 4.69) is 9.88 Å². The highest BCUT2D eigenvalue weighted by molar-refractivity contribution is 5.73. The molecule has 2 heterocycles. The number of carbonyl (C=O) groups is 1. The fourth-order valence-corrected chi connectivity index (χ4v) is 3.51. The van der Waals surface area contributed by atoms with Crippen LogP contribution in [0.25, 0.3) is 0 Å². The van der Waals surface area contributed by atoms with E-state index in [1.807, 2.05) is 12.1 Å². The van der Waals surface area contributed by atoms with E-state index < -0.39 is 18.3 Å². The van der Waals surface area contributed by atoms with Gasteiger partial charge in [0.05, 0.1) is 6.61 Å². The summed E-state index contributed by atoms with van der Waals surface area (Å²) >= 11 is 0. The summed E-state index contributed by atoms with van der Waals surface area (Å²) in [5, 5.41) is 20.6. The lowest BCUT2D eigenvalue weighted by Crippen LogP contribution is -2.48. The van der Waals surface area contributed by atoms with Gasteiger partial charge in [0.2, 0.25) is 5.91 Å². The number of nitrogens with zero attached hydrogens (tertiary/aromatic N) is 3. The summed E-state index contributed by atoms with van der Waals surface area (Å²) in [4.78, 5) is 20.2. The highest BCUT2D eigenvalue weighted by atomic mass is 16.5. The first-order valence-corrected chi connectivity index (χ1v) is 10.3. The maximum absolute atomic E-state index is 12.1. The van der Waals surface area contributed by atoms with Gasteiger partial charge in [0.15, 0.2) is 0 Å². The zero-order valence-electron chi connectivity index (χ0n) is 17.6. The zero-order chi connectivity index (χ0) is 21.1. The number of amides is 1. The Morgan fingerprint density at radius 3 is 2.62 bits per heavy atom. The molecule has 1 aliphatic rings. The molecule has 0 spiro atoms. The Kier molecular flexibility index (Phi) is 10.5. The third kappa shape index (κ3) is 8.36. The molecular weight excluding hydrogens is 374 g/mol. The van der Waals surface area contributed by atoms with Crippen molar-refractivity contribution in [2.45, 2.75) is 51.0 Å². The summed E-state index contributed by atoms with van der Waals surface area (Å²) in [6.07, 6.45) is 3.43. The molecule has 2 N–H and O–H groups in total. The van der Waals surface area contributed by atoms with Crippen molar-refractivity contribution in [1.29, 1.82) is 0 Å². The molecule has 1 amide bonds. The number of aliphatic hydroxyl groups excluding tert-OH is 2. The highest BCUT2D eigenvalue weighted by Crippen LogP contribution is 2.11. The van der Waals surface area contributed by atoms with Crippen molar-refractivity contribution < 1.29 is 24.5 Å². The molecule has 1 aromatic heterocycles. The topological polar surface area (TPSA) is 95.4 Å². The van der Waals surface area contributed by atoms with E-state index in [1.54, 1.807) is 17.3 Å². The van der Waals surface area contributed by atoms with Crippen LogP contribution in [0.15, 0.2) is 24.5 Å². The van der Waals surface area contributed by atoms with Crippen LogP contribution in [0.4, 0.5) is 0 Å². The summed E-state index contributed by atoms with van der Waals surface area (Å²) in [7, 11) is 1.48. The Labute approximate surface area is 173 Å². The van der Waals surface area contributed by atoms with E-state index in [4.69, 9.17) is 9.47 Å². The number of hydrogen-bond donors (Lipinski definition) is 2. The van der Waals surface area contributed by atoms with Gasteiger partial charge in [0.1, 0.15) is 18.3 Å². The molecule has 8 heteroatoms. The summed E-state index contributed by atoms with van der Waals surface area (Å²) < 4.78 is 10.9. The molecule has 164 valence electrons. The predicted octanol–water partition coefficient (Wildman–Crippen LogP) is 0.669. The minimum Gasteiger partial charge on any atom is -0.388 e. The van der Waals surface area contributed by atoms with Crippen LogP contribution in [-0.4, -0.2) is 95.7 Å². The molecule has 8 nitrogen and oxygen atoms in total. The first-order valence-electron chi connectivity index (χ1n) is 10.3. The quantitative estimate of drug-likeness (QED) is 0.758. The molecule has 0 radical (unpaired) electrons. The molecule has 29 heavy (non-hydrogen) atoms. The Hall–Kier alpha value is -1.58. The fourth-order valence-electron chi connectivity index (χ4n) is 3.51. The zero-order valence-corrected chi connectivity index (χ0v) is 17.6. The number of pyridine rings is 1. The summed E-state index contributed by atoms with van der Waals surface area (Å²) in [6, 6.07) is 4.04. The smallest absolute Gasteiger partial charge is 0.219 e. The molecule has 2 rings (SSSR count). The van der Waals surface area contributed by atoms with Crippen LogP contribution >= 0.6 is 0 Å². The van der Waals surface area contributed by atoms with Crippen molar-refractivity contribution in [2.24, 2.45) is 0 Å². The number of aliphatic hydroxyl groups is 2. The van der Waals surface area contributed by atoms with Crippen molar-refractivity contribution in [3.05, 3.63) is 30.1 Å². The summed E-state index contributed by atoms with van der Waals surface area (Å²) in [5.41, 5.74) is 1.21. The molecular formula is C21H35N3O5. The molecule has 1 aliphatic heterocycles. The standard InChI is InChI=1S/C21H35N3O5/c1-17(25)24-12-5-11-23(14-18-6-8-22-9-7-18)10-3-4-13-29-16-19(26)21(27)20(15-24)28-2/h6-9,19-21,26-27H,3-5,10-16H2,1-2H3/t19-,20-,21-/m0/s1. The van der Waals surface area contributed by atoms with E-state index in [0.29, 0.717) is 13.2 Å². The minimum atomic E-state index is -1.12. The number of methoxy groups -OCH3 is 1. The van der Waals surface area contributed by atoms with Gasteiger partial charge in [-0.1, -0.05) is 0 Å². The van der Waals surface area contributed by atoms with E-state index in [1.165, 1.54) is 19.6 Å². The summed E-state index contributed by atoms with van der Waals surface area (Å²) in [6.45, 7) is 5.51. The van der Waals surface area contributed by atoms with Gasteiger partial charge in [0, 0.05) is 59.2 Å². The van der Waals surface area contributed by atoms with Crippen molar-refractivity contribution in [2.75, 3.05) is 46.5 Å². The average Bonchev–Trinajstić information content (AvgIpc) is 2.72. The van der Waals surface area contributed by atoms with Crippen molar-refractivity contribution in [1.82, 2.24) is 14.8 Å². The largest absolute Gasteiger partial charge is 0.388 e. The van der Waals surface area contributed by atoms with Crippen LogP contribution in [-0.2, 0) is 20.8 Å². The van der Waals surface area contributed by atoms with Crippen LogP contribution in [0.3, 0.4) is 0 Å². The van der Waals surface area contributed by atoms with E-state index >= 15 is 0 Å². The van der Waals surface area contributed by atoms with E-state index in [-0.39, 0.29) is 19.1 Å². The molecule has 0 bridgehead atoms. The van der Waals surface area contributed by atoms with E-state index in [9.17, 15) is 15.0 Å². The lowest BCUT2D eigenvalue weighted by atomic mass is 10.1. The van der Waals surface area contributed by atoms with Crippen LogP contribution in [0.1, 0.15) is 31.7 Å². The monoisotopic (exact) mass is 409 g/mol. The van der Waals surface area contributed by atoms with Gasteiger partial charge in [-0.25, -0.2) is 0 Å². The van der Waals surface area contributed by atoms with Gasteiger partial charge >= 0.3 is 0 Å². The molecule has 1 saturated heterocycles. The second-order valence-corrected chi connectivity index (χ2v) is 7.56. The first-order chi connectivity index (χ1) is 14.0. The van der Waals surface area contributed by atoms with Gasteiger partial charge in [-0.2, -0.15) is 0 Å². The van der Waals surface area contributed by atoms with Crippen LogP contribution < -0.4 is 0 Å². The van der Waals surface area contributed by atoms with Crippen LogP contribution in [0, 0.1) is 0 Å². The van der Waals surface area contributed by atoms with Gasteiger partial charge in [-0.05, 0) is 43.5 Å². The van der Waals surface area contributed by atoms with Gasteiger partial charge in [-0.3, -0.25) is 14.7 Å². The second kappa shape index (κ2) is 12.9. The van der Waals surface area contributed by atoms with Gasteiger partial charge in [-0.15, -0.1) is 0 Å². The number of ether oxygens (including phenoxy) is 2. The molecule has 0 unspecified atom stereocenters. The van der Waals surface area contributed by atoms with Gasteiger partial charge < -0.3 is 24.6 Å². The Balaban J connectivity index is 2.04. The Morgan fingerprint density at radius 1 is 1.21 bits per heavy atom. The molecule has 3 atom stereocenters. The molecule has 1 fully saturated rings. The molecule has 1 aromatic rings. The Bertz CT molecular complexity index is 589. The summed E-state index contributed by atoms with van der Waals surface area (Å²) in [5.74, 6) is -0.0741. The van der Waals surface area contributed by atoms with Crippen molar-refractivity contribution >= 4 is 5.91 Å². The average molecular weight is 410 g/mol.